The summed E-state index contributed by atoms with van der Waals surface area (Å²) in [5.41, 5.74) is 0. The lowest BCUT2D eigenvalue weighted by atomic mass is 10.2. The van der Waals surface area contributed by atoms with Crippen LogP contribution in [-0.2, 0) is 0 Å². The summed E-state index contributed by atoms with van der Waals surface area (Å²) in [6.07, 6.45) is 3.23. The molecule has 0 aromatic carbocycles. The molecule has 1 saturated carbocycles. The van der Waals surface area contributed by atoms with E-state index in [2.05, 4.69) is 15.3 Å². The van der Waals surface area contributed by atoms with Crippen LogP contribution >= 0.6 is 0 Å². The van der Waals surface area contributed by atoms with E-state index in [0.717, 1.165) is 18.1 Å². The minimum atomic E-state index is -0.643. The molecule has 1 aromatic heterocycles. The molecule has 0 amide bonds. The highest BCUT2D eigenvalue weighted by molar-refractivity contribution is 5.34. The summed E-state index contributed by atoms with van der Waals surface area (Å²) in [5.74, 6) is 1.54. The van der Waals surface area contributed by atoms with Gasteiger partial charge in [-0.1, -0.05) is 0 Å². The Morgan fingerprint density at radius 1 is 1.50 bits per heavy atom. The number of nitrogens with zero attached hydrogens (tertiary/aromatic N) is 2. The third kappa shape index (κ3) is 2.19. The zero-order valence-corrected chi connectivity index (χ0v) is 8.20. The van der Waals surface area contributed by atoms with Crippen LogP contribution in [0.5, 0.6) is 0 Å². The highest BCUT2D eigenvalue weighted by Gasteiger charge is 2.24. The molecule has 2 rings (SSSR count). The maximum atomic E-state index is 12.9. The van der Waals surface area contributed by atoms with Gasteiger partial charge in [0.25, 0.3) is 0 Å². The third-order valence-corrected chi connectivity index (χ3v) is 2.50. The molecule has 14 heavy (non-hydrogen) atoms. The van der Waals surface area contributed by atoms with Gasteiger partial charge in [0, 0.05) is 12.2 Å². The van der Waals surface area contributed by atoms with E-state index in [4.69, 9.17) is 0 Å². The van der Waals surface area contributed by atoms with Crippen molar-refractivity contribution in [1.29, 1.82) is 0 Å². The molecular weight excluding hydrogens is 181 g/mol. The van der Waals surface area contributed by atoms with Crippen LogP contribution in [0.4, 0.5) is 10.2 Å². The number of anilines is 1. The van der Waals surface area contributed by atoms with Gasteiger partial charge in [-0.05, 0) is 32.3 Å². The second-order valence-corrected chi connectivity index (χ2v) is 3.74. The number of alkyl halides is 1. The molecule has 4 heteroatoms. The van der Waals surface area contributed by atoms with Crippen molar-refractivity contribution >= 4 is 5.82 Å². The minimum Gasteiger partial charge on any atom is -0.367 e. The molecule has 1 fully saturated rings. The Hall–Kier alpha value is -1.19. The van der Waals surface area contributed by atoms with Gasteiger partial charge in [0.1, 0.15) is 17.8 Å². The highest BCUT2D eigenvalue weighted by Crippen LogP contribution is 2.24. The Kier molecular flexibility index (Phi) is 2.61. The summed E-state index contributed by atoms with van der Waals surface area (Å²) in [6, 6.07) is 2.05. The van der Waals surface area contributed by atoms with Crippen molar-refractivity contribution in [3.63, 3.8) is 0 Å². The Balaban J connectivity index is 1.97. The van der Waals surface area contributed by atoms with E-state index in [1.54, 1.807) is 6.20 Å². The highest BCUT2D eigenvalue weighted by atomic mass is 19.1. The zero-order valence-electron chi connectivity index (χ0n) is 8.20. The van der Waals surface area contributed by atoms with Crippen LogP contribution in [0.15, 0.2) is 12.3 Å². The van der Waals surface area contributed by atoms with Crippen molar-refractivity contribution in [2.24, 2.45) is 0 Å². The average Bonchev–Trinajstić information content (AvgIpc) is 2.51. The standard InChI is InChI=1S/C10H14FN3/c1-7-12-5-4-10(13-7)14-9-3-2-8(11)6-9/h4-5,8-9H,2-3,6H2,1H3,(H,12,13,14). The maximum absolute atomic E-state index is 12.9. The van der Waals surface area contributed by atoms with Crippen LogP contribution in [0, 0.1) is 6.92 Å². The van der Waals surface area contributed by atoms with Crippen LogP contribution in [0.3, 0.4) is 0 Å². The third-order valence-electron chi connectivity index (χ3n) is 2.50. The van der Waals surface area contributed by atoms with E-state index < -0.39 is 6.17 Å². The van der Waals surface area contributed by atoms with Crippen molar-refractivity contribution in [2.45, 2.75) is 38.4 Å². The van der Waals surface area contributed by atoms with Gasteiger partial charge < -0.3 is 5.32 Å². The zero-order chi connectivity index (χ0) is 9.97. The van der Waals surface area contributed by atoms with Crippen LogP contribution in [0.2, 0.25) is 0 Å². The lowest BCUT2D eigenvalue weighted by molar-refractivity contribution is 0.341. The number of hydrogen-bond acceptors (Lipinski definition) is 3. The fraction of sp³-hybridized carbons (Fsp3) is 0.600. The molecule has 0 spiro atoms. The molecule has 1 aliphatic rings. The first-order valence-electron chi connectivity index (χ1n) is 4.94. The monoisotopic (exact) mass is 195 g/mol. The number of aryl methyl sites for hydroxylation is 1. The average molecular weight is 195 g/mol. The van der Waals surface area contributed by atoms with Crippen molar-refractivity contribution in [3.8, 4) is 0 Å². The number of aromatic nitrogens is 2. The molecule has 1 aliphatic carbocycles. The Bertz CT molecular complexity index is 316. The van der Waals surface area contributed by atoms with Gasteiger partial charge in [-0.25, -0.2) is 14.4 Å². The van der Waals surface area contributed by atoms with Crippen LogP contribution in [-0.4, -0.2) is 22.2 Å². The SMILES string of the molecule is Cc1nccc(NC2CCC(F)C2)n1. The summed E-state index contributed by atoms with van der Waals surface area (Å²) in [5, 5.41) is 3.22. The van der Waals surface area contributed by atoms with Gasteiger partial charge in [-0.15, -0.1) is 0 Å². The fourth-order valence-corrected chi connectivity index (χ4v) is 1.80. The van der Waals surface area contributed by atoms with Gasteiger partial charge in [-0.2, -0.15) is 0 Å². The lowest BCUT2D eigenvalue weighted by Gasteiger charge is -2.12. The van der Waals surface area contributed by atoms with Gasteiger partial charge in [0.05, 0.1) is 0 Å². The maximum Gasteiger partial charge on any atom is 0.129 e. The van der Waals surface area contributed by atoms with E-state index in [9.17, 15) is 4.39 Å². The first-order valence-corrected chi connectivity index (χ1v) is 4.94. The molecule has 1 heterocycles. The number of rotatable bonds is 2. The molecular formula is C10H14FN3. The summed E-state index contributed by atoms with van der Waals surface area (Å²) in [7, 11) is 0. The molecule has 0 aliphatic heterocycles. The number of halogens is 1. The lowest BCUT2D eigenvalue weighted by Crippen LogP contribution is -2.16. The summed E-state index contributed by atoms with van der Waals surface area (Å²) < 4.78 is 12.9. The fourth-order valence-electron chi connectivity index (χ4n) is 1.80. The molecule has 1 aromatic rings. The first-order chi connectivity index (χ1) is 6.74. The second-order valence-electron chi connectivity index (χ2n) is 3.74. The van der Waals surface area contributed by atoms with Gasteiger partial charge in [0.15, 0.2) is 0 Å². The molecule has 2 unspecified atom stereocenters. The van der Waals surface area contributed by atoms with E-state index in [1.807, 2.05) is 13.0 Å². The number of nitrogens with one attached hydrogen (secondary N) is 1. The Morgan fingerprint density at radius 3 is 3.00 bits per heavy atom. The van der Waals surface area contributed by atoms with Crippen molar-refractivity contribution in [2.75, 3.05) is 5.32 Å². The Labute approximate surface area is 82.8 Å². The van der Waals surface area contributed by atoms with E-state index in [-0.39, 0.29) is 6.04 Å². The summed E-state index contributed by atoms with van der Waals surface area (Å²) in [6.45, 7) is 1.85. The minimum absolute atomic E-state index is 0.235. The molecule has 0 bridgehead atoms. The smallest absolute Gasteiger partial charge is 0.129 e. The second kappa shape index (κ2) is 3.90. The topological polar surface area (TPSA) is 37.8 Å². The molecule has 1 N–H and O–H groups in total. The molecule has 3 nitrogen and oxygen atoms in total. The molecule has 76 valence electrons. The molecule has 2 atom stereocenters. The van der Waals surface area contributed by atoms with Crippen molar-refractivity contribution in [1.82, 2.24) is 9.97 Å². The van der Waals surface area contributed by atoms with Gasteiger partial charge in [-0.3, -0.25) is 0 Å². The summed E-state index contributed by atoms with van der Waals surface area (Å²) in [4.78, 5) is 8.22. The van der Waals surface area contributed by atoms with Gasteiger partial charge in [0.2, 0.25) is 0 Å². The quantitative estimate of drug-likeness (QED) is 0.785. The van der Waals surface area contributed by atoms with Crippen molar-refractivity contribution in [3.05, 3.63) is 18.1 Å². The molecule has 0 saturated heterocycles. The largest absolute Gasteiger partial charge is 0.367 e. The predicted molar refractivity (Wildman–Crippen MR) is 52.9 cm³/mol. The normalized spacial score (nSPS) is 26.4. The van der Waals surface area contributed by atoms with Crippen LogP contribution < -0.4 is 5.32 Å². The number of hydrogen-bond donors (Lipinski definition) is 1. The van der Waals surface area contributed by atoms with E-state index in [0.29, 0.717) is 12.8 Å². The van der Waals surface area contributed by atoms with E-state index >= 15 is 0 Å². The first kappa shape index (κ1) is 9.37. The Morgan fingerprint density at radius 2 is 2.36 bits per heavy atom. The van der Waals surface area contributed by atoms with Crippen molar-refractivity contribution < 1.29 is 4.39 Å². The predicted octanol–water partition coefficient (Wildman–Crippen LogP) is 2.09. The van der Waals surface area contributed by atoms with E-state index in [1.165, 1.54) is 0 Å². The van der Waals surface area contributed by atoms with Gasteiger partial charge >= 0.3 is 0 Å². The summed E-state index contributed by atoms with van der Waals surface area (Å²) >= 11 is 0. The molecule has 0 radical (unpaired) electrons. The van der Waals surface area contributed by atoms with Crippen LogP contribution in [0.25, 0.3) is 0 Å². The van der Waals surface area contributed by atoms with Crippen LogP contribution in [0.1, 0.15) is 25.1 Å².